The molecule has 0 atom stereocenters. The number of hydrogen-bond donors (Lipinski definition) is 1. The lowest BCUT2D eigenvalue weighted by Gasteiger charge is -2.09. The number of amides is 1. The number of halogens is 1. The summed E-state index contributed by atoms with van der Waals surface area (Å²) >= 11 is 3.30. The number of hydrogen-bond acceptors (Lipinski definition) is 3. The summed E-state index contributed by atoms with van der Waals surface area (Å²) in [5.41, 5.74) is 3.07. The van der Waals surface area contributed by atoms with Crippen LogP contribution in [-0.4, -0.2) is 15.9 Å². The standard InChI is InChI=1S/C16H12BrN3O/c1-10-4-6-13(12-3-2-8-18-15(10)12)20-16(21)14-7-5-11(17)9-19-14/h2-9H,1H3,(H,20,21). The highest BCUT2D eigenvalue weighted by atomic mass is 79.9. The third-order valence-corrected chi connectivity index (χ3v) is 3.65. The maximum atomic E-state index is 12.2. The molecule has 3 aromatic rings. The van der Waals surface area contributed by atoms with Gasteiger partial charge in [0.2, 0.25) is 0 Å². The van der Waals surface area contributed by atoms with Crippen LogP contribution < -0.4 is 5.32 Å². The van der Waals surface area contributed by atoms with E-state index in [0.717, 1.165) is 26.6 Å². The van der Waals surface area contributed by atoms with Gasteiger partial charge in [-0.15, -0.1) is 0 Å². The number of carbonyl (C=O) groups excluding carboxylic acids is 1. The summed E-state index contributed by atoms with van der Waals surface area (Å²) < 4.78 is 0.837. The average Bonchev–Trinajstić information content (AvgIpc) is 2.51. The van der Waals surface area contributed by atoms with Crippen molar-refractivity contribution in [3.8, 4) is 0 Å². The molecule has 21 heavy (non-hydrogen) atoms. The number of nitrogens with zero attached hydrogens (tertiary/aromatic N) is 2. The van der Waals surface area contributed by atoms with Crippen molar-refractivity contribution in [3.05, 3.63) is 64.5 Å². The Morgan fingerprint density at radius 1 is 1.14 bits per heavy atom. The first-order chi connectivity index (χ1) is 10.1. The van der Waals surface area contributed by atoms with Crippen molar-refractivity contribution < 1.29 is 4.79 Å². The molecule has 0 radical (unpaired) electrons. The van der Waals surface area contributed by atoms with Crippen LogP contribution >= 0.6 is 15.9 Å². The fraction of sp³-hybridized carbons (Fsp3) is 0.0625. The minimum atomic E-state index is -0.239. The van der Waals surface area contributed by atoms with Gasteiger partial charge in [0.1, 0.15) is 5.69 Å². The SMILES string of the molecule is Cc1ccc(NC(=O)c2ccc(Br)cn2)c2cccnc12. The summed E-state index contributed by atoms with van der Waals surface area (Å²) in [4.78, 5) is 20.7. The second-order valence-electron chi connectivity index (χ2n) is 4.65. The first kappa shape index (κ1) is 13.7. The maximum absolute atomic E-state index is 12.2. The highest BCUT2D eigenvalue weighted by Gasteiger charge is 2.10. The van der Waals surface area contributed by atoms with Gasteiger partial charge in [-0.1, -0.05) is 6.07 Å². The van der Waals surface area contributed by atoms with E-state index in [-0.39, 0.29) is 5.91 Å². The Bertz CT molecular complexity index is 815. The van der Waals surface area contributed by atoms with Crippen LogP contribution in [0.25, 0.3) is 10.9 Å². The van der Waals surface area contributed by atoms with Crippen molar-refractivity contribution >= 4 is 38.4 Å². The number of nitrogens with one attached hydrogen (secondary N) is 1. The number of fused-ring (bicyclic) bond motifs is 1. The molecule has 2 heterocycles. The third kappa shape index (κ3) is 2.78. The van der Waals surface area contributed by atoms with Gasteiger partial charge in [-0.2, -0.15) is 0 Å². The minimum absolute atomic E-state index is 0.239. The smallest absolute Gasteiger partial charge is 0.274 e. The minimum Gasteiger partial charge on any atom is -0.320 e. The third-order valence-electron chi connectivity index (χ3n) is 3.18. The molecule has 0 aliphatic heterocycles. The molecule has 0 spiro atoms. The highest BCUT2D eigenvalue weighted by Crippen LogP contribution is 2.24. The zero-order valence-electron chi connectivity index (χ0n) is 11.3. The van der Waals surface area contributed by atoms with Crippen LogP contribution in [0.4, 0.5) is 5.69 Å². The fourth-order valence-electron chi connectivity index (χ4n) is 2.12. The van der Waals surface area contributed by atoms with E-state index in [1.165, 1.54) is 0 Å². The highest BCUT2D eigenvalue weighted by molar-refractivity contribution is 9.10. The van der Waals surface area contributed by atoms with Gasteiger partial charge in [-0.05, 0) is 58.7 Å². The number of benzene rings is 1. The summed E-state index contributed by atoms with van der Waals surface area (Å²) in [7, 11) is 0. The normalized spacial score (nSPS) is 10.6. The van der Waals surface area contributed by atoms with E-state index in [1.54, 1.807) is 24.5 Å². The molecule has 0 fully saturated rings. The summed E-state index contributed by atoms with van der Waals surface area (Å²) in [5, 5.41) is 3.81. The van der Waals surface area contributed by atoms with Gasteiger partial charge in [-0.3, -0.25) is 9.78 Å². The second kappa shape index (κ2) is 5.61. The average molecular weight is 342 g/mol. The Balaban J connectivity index is 1.97. The molecule has 1 amide bonds. The van der Waals surface area contributed by atoms with Crippen LogP contribution in [0.3, 0.4) is 0 Å². The Hall–Kier alpha value is -2.27. The number of rotatable bonds is 2. The molecule has 3 rings (SSSR count). The Morgan fingerprint density at radius 3 is 2.76 bits per heavy atom. The molecule has 5 heteroatoms. The van der Waals surface area contributed by atoms with E-state index in [0.29, 0.717) is 5.69 Å². The fourth-order valence-corrected chi connectivity index (χ4v) is 2.35. The van der Waals surface area contributed by atoms with Crippen LogP contribution in [0.5, 0.6) is 0 Å². The summed E-state index contributed by atoms with van der Waals surface area (Å²) in [6.07, 6.45) is 3.35. The number of pyridine rings is 2. The number of aromatic nitrogens is 2. The molecule has 0 saturated heterocycles. The quantitative estimate of drug-likeness (QED) is 0.767. The lowest BCUT2D eigenvalue weighted by molar-refractivity contribution is 0.102. The van der Waals surface area contributed by atoms with Crippen molar-refractivity contribution in [2.45, 2.75) is 6.92 Å². The van der Waals surface area contributed by atoms with Gasteiger partial charge < -0.3 is 5.32 Å². The van der Waals surface area contributed by atoms with Crippen LogP contribution in [0.1, 0.15) is 16.1 Å². The van der Waals surface area contributed by atoms with Gasteiger partial charge in [0.05, 0.1) is 11.2 Å². The van der Waals surface area contributed by atoms with Crippen molar-refractivity contribution in [2.24, 2.45) is 0 Å². The van der Waals surface area contributed by atoms with Crippen LogP contribution in [0.15, 0.2) is 53.3 Å². The predicted molar refractivity (Wildman–Crippen MR) is 86.4 cm³/mol. The van der Waals surface area contributed by atoms with Crippen LogP contribution in [-0.2, 0) is 0 Å². The number of carbonyl (C=O) groups is 1. The van der Waals surface area contributed by atoms with Crippen molar-refractivity contribution in [2.75, 3.05) is 5.32 Å². The van der Waals surface area contributed by atoms with Gasteiger partial charge >= 0.3 is 0 Å². The molecule has 1 aromatic carbocycles. The lowest BCUT2D eigenvalue weighted by atomic mass is 10.1. The Labute approximate surface area is 130 Å². The summed E-state index contributed by atoms with van der Waals surface area (Å²) in [5.74, 6) is -0.239. The predicted octanol–water partition coefficient (Wildman–Crippen LogP) is 3.95. The first-order valence-electron chi connectivity index (χ1n) is 6.42. The summed E-state index contributed by atoms with van der Waals surface area (Å²) in [6, 6.07) is 11.1. The van der Waals surface area contributed by atoms with E-state index in [2.05, 4.69) is 31.2 Å². The monoisotopic (exact) mass is 341 g/mol. The van der Waals surface area contributed by atoms with Crippen LogP contribution in [0, 0.1) is 6.92 Å². The number of aryl methyl sites for hydroxylation is 1. The van der Waals surface area contributed by atoms with Gasteiger partial charge in [0, 0.05) is 22.3 Å². The van der Waals surface area contributed by atoms with E-state index in [1.807, 2.05) is 31.2 Å². The molecule has 0 aliphatic rings. The van der Waals surface area contributed by atoms with Crippen molar-refractivity contribution in [1.82, 2.24) is 9.97 Å². The molecule has 0 unspecified atom stereocenters. The van der Waals surface area contributed by atoms with E-state index >= 15 is 0 Å². The molecule has 0 saturated carbocycles. The van der Waals surface area contributed by atoms with Gasteiger partial charge in [0.25, 0.3) is 5.91 Å². The van der Waals surface area contributed by atoms with Gasteiger partial charge in [0.15, 0.2) is 0 Å². The van der Waals surface area contributed by atoms with E-state index in [9.17, 15) is 4.79 Å². The molecule has 0 bridgehead atoms. The Morgan fingerprint density at radius 2 is 2.00 bits per heavy atom. The topological polar surface area (TPSA) is 54.9 Å². The second-order valence-corrected chi connectivity index (χ2v) is 5.56. The van der Waals surface area contributed by atoms with E-state index < -0.39 is 0 Å². The molecular formula is C16H12BrN3O. The maximum Gasteiger partial charge on any atom is 0.274 e. The zero-order valence-corrected chi connectivity index (χ0v) is 12.9. The zero-order chi connectivity index (χ0) is 14.8. The van der Waals surface area contributed by atoms with Crippen LogP contribution in [0.2, 0.25) is 0 Å². The van der Waals surface area contributed by atoms with E-state index in [4.69, 9.17) is 0 Å². The lowest BCUT2D eigenvalue weighted by Crippen LogP contribution is -2.13. The molecule has 1 N–H and O–H groups in total. The molecular weight excluding hydrogens is 330 g/mol. The van der Waals surface area contributed by atoms with Crippen molar-refractivity contribution in [3.63, 3.8) is 0 Å². The number of anilines is 1. The largest absolute Gasteiger partial charge is 0.320 e. The van der Waals surface area contributed by atoms with Gasteiger partial charge in [-0.25, -0.2) is 4.98 Å². The molecule has 2 aromatic heterocycles. The molecule has 4 nitrogen and oxygen atoms in total. The molecule has 104 valence electrons. The Kier molecular flexibility index (Phi) is 3.66. The molecule has 0 aliphatic carbocycles. The van der Waals surface area contributed by atoms with Crippen molar-refractivity contribution in [1.29, 1.82) is 0 Å². The summed E-state index contributed by atoms with van der Waals surface area (Å²) in [6.45, 7) is 2.00. The first-order valence-corrected chi connectivity index (χ1v) is 7.22.